The first-order valence-electron chi connectivity index (χ1n) is 4.81. The Kier molecular flexibility index (Phi) is 3.97. The summed E-state index contributed by atoms with van der Waals surface area (Å²) in [5.74, 6) is -1.04. The van der Waals surface area contributed by atoms with Crippen molar-refractivity contribution in [2.45, 2.75) is 19.4 Å². The summed E-state index contributed by atoms with van der Waals surface area (Å²) in [5.41, 5.74) is 0.972. The van der Waals surface area contributed by atoms with Crippen molar-refractivity contribution in [3.8, 4) is 0 Å². The summed E-state index contributed by atoms with van der Waals surface area (Å²) in [6.45, 7) is 5.58. The third kappa shape index (κ3) is 2.86. The van der Waals surface area contributed by atoms with E-state index in [2.05, 4.69) is 11.9 Å². The molecule has 1 atom stereocenters. The van der Waals surface area contributed by atoms with Crippen LogP contribution in [-0.2, 0) is 0 Å². The molecule has 0 aromatic heterocycles. The third-order valence-corrected chi connectivity index (χ3v) is 2.25. The molecule has 15 heavy (non-hydrogen) atoms. The summed E-state index contributed by atoms with van der Waals surface area (Å²) in [7, 11) is 1.68. The van der Waals surface area contributed by atoms with Crippen molar-refractivity contribution >= 4 is 0 Å². The van der Waals surface area contributed by atoms with Gasteiger partial charge in [0.15, 0.2) is 0 Å². The van der Waals surface area contributed by atoms with Crippen LogP contribution < -0.4 is 5.32 Å². The standard InChI is InChI=1S/C12H15F2N/c1-8(2)7-11(15-3)12-9(13)5-4-6-10(12)14/h4-6,11,15H,1,7H2,2-3H3. The van der Waals surface area contributed by atoms with Crippen LogP contribution in [0.2, 0.25) is 0 Å². The molecule has 0 heterocycles. The van der Waals surface area contributed by atoms with E-state index in [0.717, 1.165) is 5.57 Å². The Balaban J connectivity index is 3.05. The van der Waals surface area contributed by atoms with E-state index in [-0.39, 0.29) is 11.6 Å². The highest BCUT2D eigenvalue weighted by Crippen LogP contribution is 2.25. The van der Waals surface area contributed by atoms with Gasteiger partial charge < -0.3 is 5.32 Å². The van der Waals surface area contributed by atoms with Gasteiger partial charge in [-0.2, -0.15) is 0 Å². The number of benzene rings is 1. The molecule has 1 rings (SSSR count). The summed E-state index contributed by atoms with van der Waals surface area (Å²) in [6, 6.07) is 3.54. The molecule has 0 amide bonds. The van der Waals surface area contributed by atoms with Gasteiger partial charge in [-0.1, -0.05) is 11.6 Å². The van der Waals surface area contributed by atoms with E-state index < -0.39 is 11.6 Å². The molecule has 0 aliphatic heterocycles. The molecule has 1 N–H and O–H groups in total. The number of hydrogen-bond acceptors (Lipinski definition) is 1. The zero-order valence-electron chi connectivity index (χ0n) is 8.98. The van der Waals surface area contributed by atoms with Crippen molar-refractivity contribution in [1.29, 1.82) is 0 Å². The smallest absolute Gasteiger partial charge is 0.130 e. The van der Waals surface area contributed by atoms with Crippen LogP contribution in [0, 0.1) is 11.6 Å². The number of hydrogen-bond donors (Lipinski definition) is 1. The van der Waals surface area contributed by atoms with Crippen molar-refractivity contribution in [3.05, 3.63) is 47.5 Å². The van der Waals surface area contributed by atoms with Gasteiger partial charge in [-0.25, -0.2) is 8.78 Å². The Morgan fingerprint density at radius 3 is 2.33 bits per heavy atom. The maximum atomic E-state index is 13.4. The predicted octanol–water partition coefficient (Wildman–Crippen LogP) is 3.19. The fraction of sp³-hybridized carbons (Fsp3) is 0.333. The predicted molar refractivity (Wildman–Crippen MR) is 57.6 cm³/mol. The van der Waals surface area contributed by atoms with Gasteiger partial charge in [-0.15, -0.1) is 6.58 Å². The molecule has 1 aromatic carbocycles. The van der Waals surface area contributed by atoms with Crippen molar-refractivity contribution in [3.63, 3.8) is 0 Å². The molecule has 82 valence electrons. The van der Waals surface area contributed by atoms with Gasteiger partial charge in [0.05, 0.1) is 0 Å². The Labute approximate surface area is 88.8 Å². The maximum absolute atomic E-state index is 13.4. The average Bonchev–Trinajstić information content (AvgIpc) is 2.15. The topological polar surface area (TPSA) is 12.0 Å². The Hall–Kier alpha value is -1.22. The van der Waals surface area contributed by atoms with E-state index >= 15 is 0 Å². The zero-order chi connectivity index (χ0) is 11.4. The highest BCUT2D eigenvalue weighted by molar-refractivity contribution is 5.24. The van der Waals surface area contributed by atoms with Crippen molar-refractivity contribution in [2.75, 3.05) is 7.05 Å². The Morgan fingerprint density at radius 1 is 1.40 bits per heavy atom. The van der Waals surface area contributed by atoms with E-state index in [0.29, 0.717) is 6.42 Å². The van der Waals surface area contributed by atoms with Crippen LogP contribution in [0.5, 0.6) is 0 Å². The lowest BCUT2D eigenvalue weighted by molar-refractivity contribution is 0.489. The highest BCUT2D eigenvalue weighted by atomic mass is 19.1. The van der Waals surface area contributed by atoms with Gasteiger partial charge in [0.1, 0.15) is 11.6 Å². The van der Waals surface area contributed by atoms with E-state index in [1.165, 1.54) is 18.2 Å². The summed E-state index contributed by atoms with van der Waals surface area (Å²) < 4.78 is 26.9. The number of halogens is 2. The lowest BCUT2D eigenvalue weighted by atomic mass is 9.99. The van der Waals surface area contributed by atoms with Gasteiger partial charge in [-0.05, 0) is 32.5 Å². The fourth-order valence-corrected chi connectivity index (χ4v) is 1.54. The molecule has 0 aliphatic rings. The molecule has 0 aliphatic carbocycles. The monoisotopic (exact) mass is 211 g/mol. The first-order chi connectivity index (χ1) is 7.06. The third-order valence-electron chi connectivity index (χ3n) is 2.25. The fourth-order valence-electron chi connectivity index (χ4n) is 1.54. The van der Waals surface area contributed by atoms with Crippen LogP contribution >= 0.6 is 0 Å². The van der Waals surface area contributed by atoms with Crippen molar-refractivity contribution in [2.24, 2.45) is 0 Å². The SMILES string of the molecule is C=C(C)CC(NC)c1c(F)cccc1F. The second-order valence-corrected chi connectivity index (χ2v) is 3.64. The molecule has 1 aromatic rings. The maximum Gasteiger partial charge on any atom is 0.130 e. The van der Waals surface area contributed by atoms with Crippen LogP contribution in [0.15, 0.2) is 30.4 Å². The molecule has 0 saturated heterocycles. The lowest BCUT2D eigenvalue weighted by Gasteiger charge is -2.17. The average molecular weight is 211 g/mol. The van der Waals surface area contributed by atoms with Crippen LogP contribution in [0.3, 0.4) is 0 Å². The molecule has 0 saturated carbocycles. The Bertz CT molecular complexity index is 340. The normalized spacial score (nSPS) is 12.5. The summed E-state index contributed by atoms with van der Waals surface area (Å²) >= 11 is 0. The highest BCUT2D eigenvalue weighted by Gasteiger charge is 2.18. The molecule has 0 radical (unpaired) electrons. The minimum atomic E-state index is -0.518. The van der Waals surface area contributed by atoms with Crippen LogP contribution in [0.25, 0.3) is 0 Å². The van der Waals surface area contributed by atoms with Crippen molar-refractivity contribution < 1.29 is 8.78 Å². The molecular formula is C12H15F2N. The van der Waals surface area contributed by atoms with Crippen LogP contribution in [-0.4, -0.2) is 7.05 Å². The van der Waals surface area contributed by atoms with Gasteiger partial charge in [0.25, 0.3) is 0 Å². The first kappa shape index (κ1) is 11.9. The van der Waals surface area contributed by atoms with Crippen LogP contribution in [0.4, 0.5) is 8.78 Å². The van der Waals surface area contributed by atoms with Crippen LogP contribution in [0.1, 0.15) is 24.9 Å². The molecule has 0 spiro atoms. The molecule has 1 nitrogen and oxygen atoms in total. The molecular weight excluding hydrogens is 196 g/mol. The Morgan fingerprint density at radius 2 is 1.93 bits per heavy atom. The van der Waals surface area contributed by atoms with Gasteiger partial charge >= 0.3 is 0 Å². The summed E-state index contributed by atoms with van der Waals surface area (Å²) in [6.07, 6.45) is 0.522. The van der Waals surface area contributed by atoms with E-state index in [1.54, 1.807) is 7.05 Å². The number of nitrogens with one attached hydrogen (secondary N) is 1. The largest absolute Gasteiger partial charge is 0.313 e. The van der Waals surface area contributed by atoms with Gasteiger partial charge in [-0.3, -0.25) is 0 Å². The molecule has 0 fully saturated rings. The van der Waals surface area contributed by atoms with Gasteiger partial charge in [0.2, 0.25) is 0 Å². The minimum Gasteiger partial charge on any atom is -0.313 e. The quantitative estimate of drug-likeness (QED) is 0.754. The second-order valence-electron chi connectivity index (χ2n) is 3.64. The second kappa shape index (κ2) is 5.03. The van der Waals surface area contributed by atoms with Crippen molar-refractivity contribution in [1.82, 2.24) is 5.32 Å². The summed E-state index contributed by atoms with van der Waals surface area (Å²) in [4.78, 5) is 0. The minimum absolute atomic E-state index is 0.0861. The first-order valence-corrected chi connectivity index (χ1v) is 4.81. The van der Waals surface area contributed by atoms with Gasteiger partial charge in [0, 0.05) is 11.6 Å². The summed E-state index contributed by atoms with van der Waals surface area (Å²) in [5, 5.41) is 2.89. The zero-order valence-corrected chi connectivity index (χ0v) is 8.98. The lowest BCUT2D eigenvalue weighted by Crippen LogP contribution is -2.19. The van der Waals surface area contributed by atoms with E-state index in [9.17, 15) is 8.78 Å². The van der Waals surface area contributed by atoms with E-state index in [1.807, 2.05) is 6.92 Å². The van der Waals surface area contributed by atoms with E-state index in [4.69, 9.17) is 0 Å². The molecule has 0 bridgehead atoms. The number of rotatable bonds is 4. The molecule has 3 heteroatoms. The molecule has 1 unspecified atom stereocenters.